The second kappa shape index (κ2) is 7.79. The molecule has 0 aliphatic rings. The first-order valence-electron chi connectivity index (χ1n) is 5.31. The van der Waals surface area contributed by atoms with Crippen molar-refractivity contribution < 1.29 is 27.5 Å². The molecule has 0 aromatic heterocycles. The third kappa shape index (κ3) is 6.75. The quantitative estimate of drug-likeness (QED) is 0.516. The molecule has 0 radical (unpaired) electrons. The van der Waals surface area contributed by atoms with Gasteiger partial charge in [-0.1, -0.05) is 13.3 Å². The molecule has 0 heterocycles. The molecule has 0 saturated heterocycles. The van der Waals surface area contributed by atoms with Crippen LogP contribution in [0.5, 0.6) is 0 Å². The number of carbonyl (C=O) groups is 1. The van der Waals surface area contributed by atoms with Crippen molar-refractivity contribution in [3.05, 3.63) is 0 Å². The molecular weight excluding hydrogens is 260 g/mol. The summed E-state index contributed by atoms with van der Waals surface area (Å²) in [7, 11) is 0. The summed E-state index contributed by atoms with van der Waals surface area (Å²) in [5.41, 5.74) is 0. The van der Waals surface area contributed by atoms with E-state index in [-0.39, 0.29) is 12.2 Å². The lowest BCUT2D eigenvalue weighted by atomic mass is 10.2. The first-order chi connectivity index (χ1) is 7.81. The minimum atomic E-state index is -3.97. The van der Waals surface area contributed by atoms with Crippen LogP contribution in [-0.4, -0.2) is 34.4 Å². The van der Waals surface area contributed by atoms with Crippen molar-refractivity contribution in [1.82, 2.24) is 0 Å². The van der Waals surface area contributed by atoms with Crippen molar-refractivity contribution in [2.75, 3.05) is 5.75 Å². The van der Waals surface area contributed by atoms with Gasteiger partial charge >= 0.3 is 18.3 Å². The van der Waals surface area contributed by atoms with Gasteiger partial charge < -0.3 is 5.11 Å². The highest BCUT2D eigenvalue weighted by atomic mass is 32.2. The Morgan fingerprint density at radius 2 is 2.00 bits per heavy atom. The third-order valence-corrected chi connectivity index (χ3v) is 3.48. The molecule has 1 unspecified atom stereocenters. The molecule has 1 N–H and O–H groups in total. The highest BCUT2D eigenvalue weighted by Crippen LogP contribution is 2.29. The van der Waals surface area contributed by atoms with E-state index >= 15 is 0 Å². The Hall–Kier alpha value is -0.460. The molecule has 0 saturated carbocycles. The van der Waals surface area contributed by atoms with Crippen LogP contribution in [0.25, 0.3) is 0 Å². The van der Waals surface area contributed by atoms with Gasteiger partial charge in [0.25, 0.3) is 0 Å². The molecule has 0 aliphatic heterocycles. The van der Waals surface area contributed by atoms with Crippen molar-refractivity contribution in [3.63, 3.8) is 0 Å². The number of rotatable bonds is 9. The number of halogens is 4. The zero-order chi connectivity index (χ0) is 13.5. The largest absolute Gasteiger partial charge is 0.480 e. The van der Waals surface area contributed by atoms with E-state index < -0.39 is 30.0 Å². The van der Waals surface area contributed by atoms with Gasteiger partial charge in [-0.3, -0.25) is 4.79 Å². The van der Waals surface area contributed by atoms with E-state index in [1.807, 2.05) is 6.92 Å². The lowest BCUT2D eigenvalue weighted by Crippen LogP contribution is -2.26. The maximum absolute atomic E-state index is 12.5. The molecule has 17 heavy (non-hydrogen) atoms. The molecule has 0 aromatic rings. The maximum Gasteiger partial charge on any atom is 0.316 e. The fourth-order valence-corrected chi connectivity index (χ4v) is 2.32. The molecule has 0 amide bonds. The predicted octanol–water partition coefficient (Wildman–Crippen LogP) is 3.65. The van der Waals surface area contributed by atoms with Crippen molar-refractivity contribution in [3.8, 4) is 0 Å². The summed E-state index contributed by atoms with van der Waals surface area (Å²) in [6, 6.07) is 0. The average molecular weight is 276 g/mol. The summed E-state index contributed by atoms with van der Waals surface area (Å²) < 4.78 is 48.6. The van der Waals surface area contributed by atoms with Gasteiger partial charge in [0.2, 0.25) is 0 Å². The highest BCUT2D eigenvalue weighted by molar-refractivity contribution is 8.00. The van der Waals surface area contributed by atoms with Gasteiger partial charge in [0.05, 0.1) is 0 Å². The standard InChI is InChI=1S/C10H16F4O2S/c1-2-4-7(8(15)16)17-6-3-5-10(13,14)9(11)12/h7,9H,2-6H2,1H3,(H,15,16). The molecule has 0 bridgehead atoms. The first-order valence-corrected chi connectivity index (χ1v) is 6.36. The van der Waals surface area contributed by atoms with E-state index in [1.165, 1.54) is 0 Å². The van der Waals surface area contributed by atoms with Crippen LogP contribution in [0.4, 0.5) is 17.6 Å². The van der Waals surface area contributed by atoms with Gasteiger partial charge in [0.15, 0.2) is 0 Å². The lowest BCUT2D eigenvalue weighted by Gasteiger charge is -2.15. The number of carboxylic acid groups (broad SMARTS) is 1. The first kappa shape index (κ1) is 16.5. The number of alkyl halides is 4. The van der Waals surface area contributed by atoms with Crippen molar-refractivity contribution in [2.24, 2.45) is 0 Å². The van der Waals surface area contributed by atoms with Crippen LogP contribution < -0.4 is 0 Å². The van der Waals surface area contributed by atoms with Crippen LogP contribution in [0.1, 0.15) is 32.6 Å². The summed E-state index contributed by atoms with van der Waals surface area (Å²) in [6.07, 6.45) is -3.55. The number of hydrogen-bond donors (Lipinski definition) is 1. The maximum atomic E-state index is 12.5. The minimum absolute atomic E-state index is 0.116. The summed E-state index contributed by atoms with van der Waals surface area (Å²) in [6.45, 7) is 1.82. The fraction of sp³-hybridized carbons (Fsp3) is 0.900. The van der Waals surface area contributed by atoms with Crippen LogP contribution in [-0.2, 0) is 4.79 Å². The second-order valence-corrected chi connectivity index (χ2v) is 4.96. The molecule has 0 spiro atoms. The van der Waals surface area contributed by atoms with E-state index in [0.29, 0.717) is 12.8 Å². The number of hydrogen-bond acceptors (Lipinski definition) is 2. The topological polar surface area (TPSA) is 37.3 Å². The Morgan fingerprint density at radius 3 is 2.41 bits per heavy atom. The average Bonchev–Trinajstić information content (AvgIpc) is 2.22. The third-order valence-electron chi connectivity index (χ3n) is 2.12. The monoisotopic (exact) mass is 276 g/mol. The normalized spacial score (nSPS) is 14.0. The van der Waals surface area contributed by atoms with Crippen LogP contribution in [0, 0.1) is 0 Å². The fourth-order valence-electron chi connectivity index (χ4n) is 1.18. The van der Waals surface area contributed by atoms with Gasteiger partial charge in [-0.2, -0.15) is 0 Å². The summed E-state index contributed by atoms with van der Waals surface area (Å²) >= 11 is 1.03. The van der Waals surface area contributed by atoms with Crippen molar-refractivity contribution in [2.45, 2.75) is 50.2 Å². The Kier molecular flexibility index (Phi) is 7.58. The minimum Gasteiger partial charge on any atom is -0.480 e. The van der Waals surface area contributed by atoms with Crippen LogP contribution >= 0.6 is 11.8 Å². The Balaban J connectivity index is 3.86. The van der Waals surface area contributed by atoms with Gasteiger partial charge in [0.1, 0.15) is 5.25 Å². The zero-order valence-electron chi connectivity index (χ0n) is 9.47. The smallest absolute Gasteiger partial charge is 0.316 e. The lowest BCUT2D eigenvalue weighted by molar-refractivity contribution is -0.136. The molecule has 0 aliphatic carbocycles. The van der Waals surface area contributed by atoms with E-state index in [4.69, 9.17) is 5.11 Å². The van der Waals surface area contributed by atoms with E-state index in [9.17, 15) is 22.4 Å². The van der Waals surface area contributed by atoms with Crippen LogP contribution in [0.15, 0.2) is 0 Å². The second-order valence-electron chi connectivity index (χ2n) is 3.65. The molecule has 7 heteroatoms. The van der Waals surface area contributed by atoms with Crippen molar-refractivity contribution in [1.29, 1.82) is 0 Å². The Morgan fingerprint density at radius 1 is 1.41 bits per heavy atom. The number of aliphatic carboxylic acids is 1. The summed E-state index contributed by atoms with van der Waals surface area (Å²) in [5, 5.41) is 8.12. The van der Waals surface area contributed by atoms with Gasteiger partial charge in [-0.25, -0.2) is 17.6 Å². The zero-order valence-corrected chi connectivity index (χ0v) is 10.3. The molecule has 0 fully saturated rings. The SMILES string of the molecule is CCCC(SCCCC(F)(F)C(F)F)C(=O)O. The molecule has 0 rings (SSSR count). The number of carboxylic acids is 1. The van der Waals surface area contributed by atoms with E-state index in [2.05, 4.69) is 0 Å². The Labute approximate surface area is 102 Å². The van der Waals surface area contributed by atoms with E-state index in [1.54, 1.807) is 0 Å². The molecule has 1 atom stereocenters. The van der Waals surface area contributed by atoms with Crippen LogP contribution in [0.2, 0.25) is 0 Å². The molecular formula is C10H16F4O2S. The van der Waals surface area contributed by atoms with Gasteiger partial charge in [-0.15, -0.1) is 11.8 Å². The predicted molar refractivity (Wildman–Crippen MR) is 59.0 cm³/mol. The van der Waals surface area contributed by atoms with Crippen LogP contribution in [0.3, 0.4) is 0 Å². The molecule has 2 nitrogen and oxygen atoms in total. The van der Waals surface area contributed by atoms with Crippen molar-refractivity contribution >= 4 is 17.7 Å². The summed E-state index contributed by atoms with van der Waals surface area (Å²) in [5.74, 6) is -4.80. The summed E-state index contributed by atoms with van der Waals surface area (Å²) in [4.78, 5) is 10.7. The van der Waals surface area contributed by atoms with Gasteiger partial charge in [0, 0.05) is 6.42 Å². The highest BCUT2D eigenvalue weighted by Gasteiger charge is 2.39. The molecule has 102 valence electrons. The van der Waals surface area contributed by atoms with Gasteiger partial charge in [-0.05, 0) is 18.6 Å². The van der Waals surface area contributed by atoms with E-state index in [0.717, 1.165) is 11.8 Å². The Bertz CT molecular complexity index is 236. The number of thioether (sulfide) groups is 1. The molecule has 0 aromatic carbocycles.